The Bertz CT molecular complexity index is 493. The number of rotatable bonds is 6. The van der Waals surface area contributed by atoms with Crippen LogP contribution in [0.3, 0.4) is 0 Å². The van der Waals surface area contributed by atoms with Crippen LogP contribution in [0.5, 0.6) is 0 Å². The Labute approximate surface area is 114 Å². The van der Waals surface area contributed by atoms with E-state index in [0.29, 0.717) is 13.1 Å². The zero-order valence-electron chi connectivity index (χ0n) is 11.0. The van der Waals surface area contributed by atoms with Crippen molar-refractivity contribution in [3.63, 3.8) is 0 Å². The van der Waals surface area contributed by atoms with Gasteiger partial charge in [0, 0.05) is 31.9 Å². The maximum absolute atomic E-state index is 10.8. The van der Waals surface area contributed by atoms with Crippen molar-refractivity contribution >= 4 is 15.7 Å². The molecule has 0 radical (unpaired) electrons. The molecule has 0 atom stereocenters. The van der Waals surface area contributed by atoms with Gasteiger partial charge in [-0.25, -0.2) is 13.6 Å². The minimum atomic E-state index is -3.37. The number of anilines is 1. The summed E-state index contributed by atoms with van der Waals surface area (Å²) in [7, 11) is -3.37. The van der Waals surface area contributed by atoms with E-state index in [1.807, 2.05) is 0 Å². The molecular formula is C13H21N3O2S. The summed E-state index contributed by atoms with van der Waals surface area (Å²) in [5, 5.41) is 8.01. The van der Waals surface area contributed by atoms with Gasteiger partial charge in [-0.05, 0) is 30.5 Å². The van der Waals surface area contributed by atoms with Gasteiger partial charge in [0.25, 0.3) is 0 Å². The first kappa shape index (κ1) is 14.3. The summed E-state index contributed by atoms with van der Waals surface area (Å²) in [4.78, 5) is 2.39. The van der Waals surface area contributed by atoms with E-state index in [1.165, 1.54) is 18.5 Å². The standard InChI is InChI=1S/C13H21N3O2S/c14-19(17,18)10-7-15-11-12-3-5-13(6-4-12)16-8-1-2-9-16/h3-6,15H,1-2,7-11H2,(H2,14,17,18). The summed E-state index contributed by atoms with van der Waals surface area (Å²) >= 11 is 0. The first-order valence-corrected chi connectivity index (χ1v) is 8.31. The second-order valence-electron chi connectivity index (χ2n) is 4.90. The molecule has 0 saturated carbocycles. The largest absolute Gasteiger partial charge is 0.372 e. The highest BCUT2D eigenvalue weighted by atomic mass is 32.2. The number of nitrogens with zero attached hydrogens (tertiary/aromatic N) is 1. The monoisotopic (exact) mass is 283 g/mol. The van der Waals surface area contributed by atoms with Gasteiger partial charge in [-0.3, -0.25) is 0 Å². The Hall–Kier alpha value is -1.11. The summed E-state index contributed by atoms with van der Waals surface area (Å²) in [5.74, 6) is -0.0289. The smallest absolute Gasteiger partial charge is 0.210 e. The molecule has 0 spiro atoms. The molecule has 1 aliphatic rings. The molecule has 6 heteroatoms. The third-order valence-electron chi connectivity index (χ3n) is 3.30. The third kappa shape index (κ3) is 4.81. The average Bonchev–Trinajstić information content (AvgIpc) is 2.88. The van der Waals surface area contributed by atoms with Crippen LogP contribution in [-0.4, -0.2) is 33.8 Å². The van der Waals surface area contributed by atoms with Gasteiger partial charge >= 0.3 is 0 Å². The molecule has 106 valence electrons. The van der Waals surface area contributed by atoms with E-state index >= 15 is 0 Å². The molecule has 0 amide bonds. The highest BCUT2D eigenvalue weighted by molar-refractivity contribution is 7.89. The number of benzene rings is 1. The summed E-state index contributed by atoms with van der Waals surface area (Å²) in [6, 6.07) is 8.42. The molecule has 1 heterocycles. The van der Waals surface area contributed by atoms with E-state index in [4.69, 9.17) is 5.14 Å². The van der Waals surface area contributed by atoms with Gasteiger partial charge in [0.1, 0.15) is 0 Å². The summed E-state index contributed by atoms with van der Waals surface area (Å²) in [6.45, 7) is 3.33. The van der Waals surface area contributed by atoms with Gasteiger partial charge in [-0.1, -0.05) is 12.1 Å². The van der Waals surface area contributed by atoms with Crippen molar-refractivity contribution in [1.82, 2.24) is 5.32 Å². The summed E-state index contributed by atoms with van der Waals surface area (Å²) in [5.41, 5.74) is 2.42. The summed E-state index contributed by atoms with van der Waals surface area (Å²) in [6.07, 6.45) is 2.55. The van der Waals surface area contributed by atoms with E-state index in [1.54, 1.807) is 0 Å². The van der Waals surface area contributed by atoms with Crippen LogP contribution in [0.1, 0.15) is 18.4 Å². The predicted molar refractivity (Wildman–Crippen MR) is 77.6 cm³/mol. The number of hydrogen-bond acceptors (Lipinski definition) is 4. The molecule has 0 bridgehead atoms. The lowest BCUT2D eigenvalue weighted by Crippen LogP contribution is -2.26. The topological polar surface area (TPSA) is 75.4 Å². The summed E-state index contributed by atoms with van der Waals surface area (Å²) < 4.78 is 21.5. The Morgan fingerprint density at radius 3 is 2.37 bits per heavy atom. The Morgan fingerprint density at radius 1 is 1.16 bits per heavy atom. The van der Waals surface area contributed by atoms with E-state index < -0.39 is 10.0 Å². The second-order valence-corrected chi connectivity index (χ2v) is 6.64. The van der Waals surface area contributed by atoms with Crippen molar-refractivity contribution in [2.75, 3.05) is 30.3 Å². The Kier molecular flexibility index (Phi) is 4.79. The van der Waals surface area contributed by atoms with Crippen LogP contribution >= 0.6 is 0 Å². The van der Waals surface area contributed by atoms with E-state index in [2.05, 4.69) is 34.5 Å². The van der Waals surface area contributed by atoms with Crippen molar-refractivity contribution in [3.05, 3.63) is 29.8 Å². The van der Waals surface area contributed by atoms with Gasteiger partial charge in [0.2, 0.25) is 10.0 Å². The van der Waals surface area contributed by atoms with Crippen LogP contribution in [-0.2, 0) is 16.6 Å². The van der Waals surface area contributed by atoms with Crippen LogP contribution < -0.4 is 15.4 Å². The van der Waals surface area contributed by atoms with Crippen molar-refractivity contribution in [2.24, 2.45) is 5.14 Å². The first-order valence-electron chi connectivity index (χ1n) is 6.60. The van der Waals surface area contributed by atoms with E-state index in [0.717, 1.165) is 18.7 Å². The van der Waals surface area contributed by atoms with Gasteiger partial charge in [0.15, 0.2) is 0 Å². The van der Waals surface area contributed by atoms with Gasteiger partial charge < -0.3 is 10.2 Å². The molecule has 1 fully saturated rings. The predicted octanol–water partition coefficient (Wildman–Crippen LogP) is 0.665. The molecular weight excluding hydrogens is 262 g/mol. The minimum Gasteiger partial charge on any atom is -0.372 e. The zero-order chi connectivity index (χ0) is 13.7. The van der Waals surface area contributed by atoms with Crippen LogP contribution in [0.4, 0.5) is 5.69 Å². The molecule has 1 aromatic rings. The van der Waals surface area contributed by atoms with Crippen LogP contribution in [0, 0.1) is 0 Å². The Balaban J connectivity index is 1.78. The van der Waals surface area contributed by atoms with Gasteiger partial charge in [-0.15, -0.1) is 0 Å². The average molecular weight is 283 g/mol. The van der Waals surface area contributed by atoms with Crippen LogP contribution in [0.15, 0.2) is 24.3 Å². The maximum atomic E-state index is 10.8. The lowest BCUT2D eigenvalue weighted by molar-refractivity contribution is 0.592. The molecule has 19 heavy (non-hydrogen) atoms. The molecule has 3 N–H and O–H groups in total. The molecule has 1 saturated heterocycles. The first-order chi connectivity index (χ1) is 9.04. The quantitative estimate of drug-likeness (QED) is 0.752. The maximum Gasteiger partial charge on any atom is 0.210 e. The lowest BCUT2D eigenvalue weighted by Gasteiger charge is -2.17. The number of nitrogens with one attached hydrogen (secondary N) is 1. The van der Waals surface area contributed by atoms with Crippen molar-refractivity contribution in [3.8, 4) is 0 Å². The molecule has 1 aliphatic heterocycles. The fourth-order valence-electron chi connectivity index (χ4n) is 2.25. The number of primary sulfonamides is 1. The highest BCUT2D eigenvalue weighted by Crippen LogP contribution is 2.20. The number of nitrogens with two attached hydrogens (primary N) is 1. The zero-order valence-corrected chi connectivity index (χ0v) is 11.8. The van der Waals surface area contributed by atoms with Gasteiger partial charge in [-0.2, -0.15) is 0 Å². The Morgan fingerprint density at radius 2 is 1.79 bits per heavy atom. The van der Waals surface area contributed by atoms with E-state index in [-0.39, 0.29) is 5.75 Å². The molecule has 0 unspecified atom stereocenters. The molecule has 0 aromatic heterocycles. The SMILES string of the molecule is NS(=O)(=O)CCNCc1ccc(N2CCCC2)cc1. The van der Waals surface area contributed by atoms with E-state index in [9.17, 15) is 8.42 Å². The normalized spacial score (nSPS) is 15.9. The second kappa shape index (κ2) is 6.36. The lowest BCUT2D eigenvalue weighted by atomic mass is 10.2. The van der Waals surface area contributed by atoms with Crippen LogP contribution in [0.2, 0.25) is 0 Å². The van der Waals surface area contributed by atoms with Gasteiger partial charge in [0.05, 0.1) is 5.75 Å². The fourth-order valence-corrected chi connectivity index (χ4v) is 2.68. The number of sulfonamides is 1. The van der Waals surface area contributed by atoms with Crippen molar-refractivity contribution < 1.29 is 8.42 Å². The molecule has 1 aromatic carbocycles. The van der Waals surface area contributed by atoms with Crippen molar-refractivity contribution in [2.45, 2.75) is 19.4 Å². The molecule has 0 aliphatic carbocycles. The molecule has 2 rings (SSSR count). The van der Waals surface area contributed by atoms with Crippen LogP contribution in [0.25, 0.3) is 0 Å². The third-order valence-corrected chi connectivity index (χ3v) is 4.07. The van der Waals surface area contributed by atoms with Crippen molar-refractivity contribution in [1.29, 1.82) is 0 Å². The molecule has 5 nitrogen and oxygen atoms in total. The minimum absolute atomic E-state index is 0.0289. The number of hydrogen-bond donors (Lipinski definition) is 2. The fraction of sp³-hybridized carbons (Fsp3) is 0.538. The highest BCUT2D eigenvalue weighted by Gasteiger charge is 2.11.